The van der Waals surface area contributed by atoms with Crippen molar-refractivity contribution >= 4 is 15.9 Å². The SMILES string of the molecule is COc1c(C(F)F)ccc(Br)c1F. The average Bonchev–Trinajstić information content (AvgIpc) is 2.09. The van der Waals surface area contributed by atoms with Crippen LogP contribution in [0.2, 0.25) is 0 Å². The van der Waals surface area contributed by atoms with E-state index in [0.717, 1.165) is 13.2 Å². The van der Waals surface area contributed by atoms with E-state index in [-0.39, 0.29) is 4.47 Å². The summed E-state index contributed by atoms with van der Waals surface area (Å²) in [6, 6.07) is 2.34. The third-order valence-corrected chi connectivity index (χ3v) is 2.13. The van der Waals surface area contributed by atoms with Gasteiger partial charge >= 0.3 is 0 Å². The maximum absolute atomic E-state index is 13.1. The topological polar surface area (TPSA) is 9.23 Å². The van der Waals surface area contributed by atoms with E-state index in [0.29, 0.717) is 0 Å². The van der Waals surface area contributed by atoms with Crippen LogP contribution in [0.1, 0.15) is 12.0 Å². The van der Waals surface area contributed by atoms with Crippen molar-refractivity contribution in [2.45, 2.75) is 6.43 Å². The molecule has 13 heavy (non-hydrogen) atoms. The number of alkyl halides is 2. The highest BCUT2D eigenvalue weighted by Crippen LogP contribution is 2.34. The van der Waals surface area contributed by atoms with Gasteiger partial charge in [-0.1, -0.05) is 0 Å². The van der Waals surface area contributed by atoms with E-state index < -0.39 is 23.6 Å². The molecule has 0 amide bonds. The molecule has 0 aliphatic carbocycles. The molecule has 0 bridgehead atoms. The van der Waals surface area contributed by atoms with Crippen LogP contribution in [0.5, 0.6) is 5.75 Å². The van der Waals surface area contributed by atoms with Crippen molar-refractivity contribution < 1.29 is 17.9 Å². The van der Waals surface area contributed by atoms with Gasteiger partial charge in [-0.3, -0.25) is 0 Å². The fourth-order valence-corrected chi connectivity index (χ4v) is 1.24. The Kier molecular flexibility index (Phi) is 3.19. The van der Waals surface area contributed by atoms with Crippen molar-refractivity contribution in [3.63, 3.8) is 0 Å². The van der Waals surface area contributed by atoms with Gasteiger partial charge in [0.2, 0.25) is 0 Å². The fourth-order valence-electron chi connectivity index (χ4n) is 0.926. The molecule has 0 N–H and O–H groups in total. The van der Waals surface area contributed by atoms with Crippen molar-refractivity contribution in [3.05, 3.63) is 28.0 Å². The molecule has 1 aromatic rings. The summed E-state index contributed by atoms with van der Waals surface area (Å²) >= 11 is 2.87. The number of rotatable bonds is 2. The van der Waals surface area contributed by atoms with Crippen LogP contribution >= 0.6 is 15.9 Å². The van der Waals surface area contributed by atoms with Crippen molar-refractivity contribution in [1.29, 1.82) is 0 Å². The average molecular weight is 255 g/mol. The summed E-state index contributed by atoms with van der Waals surface area (Å²) < 4.78 is 42.3. The zero-order valence-electron chi connectivity index (χ0n) is 6.65. The molecule has 0 fully saturated rings. The van der Waals surface area contributed by atoms with Gasteiger partial charge in [0, 0.05) is 0 Å². The molecule has 1 nitrogen and oxygen atoms in total. The smallest absolute Gasteiger partial charge is 0.267 e. The normalized spacial score (nSPS) is 10.6. The van der Waals surface area contributed by atoms with Crippen LogP contribution in [0.3, 0.4) is 0 Å². The minimum Gasteiger partial charge on any atom is -0.493 e. The molecule has 5 heteroatoms. The molecule has 0 saturated heterocycles. The molecule has 1 aromatic carbocycles. The van der Waals surface area contributed by atoms with E-state index >= 15 is 0 Å². The number of halogens is 4. The van der Waals surface area contributed by atoms with Crippen LogP contribution in [-0.4, -0.2) is 7.11 Å². The van der Waals surface area contributed by atoms with Crippen LogP contribution in [-0.2, 0) is 0 Å². The summed E-state index contributed by atoms with van der Waals surface area (Å²) in [5.41, 5.74) is -0.441. The van der Waals surface area contributed by atoms with Gasteiger partial charge in [-0.2, -0.15) is 0 Å². The third kappa shape index (κ3) is 1.96. The highest BCUT2D eigenvalue weighted by Gasteiger charge is 2.19. The van der Waals surface area contributed by atoms with Crippen LogP contribution in [0.4, 0.5) is 13.2 Å². The van der Waals surface area contributed by atoms with Gasteiger partial charge in [0.25, 0.3) is 6.43 Å². The van der Waals surface area contributed by atoms with E-state index in [1.54, 1.807) is 0 Å². The zero-order chi connectivity index (χ0) is 10.0. The Hall–Kier alpha value is -0.710. The molecule has 0 spiro atoms. The molecule has 0 saturated carbocycles. The fraction of sp³-hybridized carbons (Fsp3) is 0.250. The minimum absolute atomic E-state index is 0.105. The quantitative estimate of drug-likeness (QED) is 0.785. The monoisotopic (exact) mass is 254 g/mol. The number of ether oxygens (including phenoxy) is 1. The van der Waals surface area contributed by atoms with Gasteiger partial charge in [0.1, 0.15) is 0 Å². The maximum atomic E-state index is 13.1. The van der Waals surface area contributed by atoms with Crippen LogP contribution < -0.4 is 4.74 Å². The number of benzene rings is 1. The first-order valence-electron chi connectivity index (χ1n) is 3.38. The molecule has 0 aliphatic heterocycles. The lowest BCUT2D eigenvalue weighted by molar-refractivity contribution is 0.146. The summed E-state index contributed by atoms with van der Waals surface area (Å²) in [6.45, 7) is 0. The Morgan fingerprint density at radius 3 is 2.46 bits per heavy atom. The maximum Gasteiger partial charge on any atom is 0.267 e. The summed E-state index contributed by atoms with van der Waals surface area (Å²) in [5, 5.41) is 0. The summed E-state index contributed by atoms with van der Waals surface area (Å²) in [7, 11) is 1.15. The van der Waals surface area contributed by atoms with Crippen molar-refractivity contribution in [3.8, 4) is 5.75 Å². The Bertz CT molecular complexity index is 315. The van der Waals surface area contributed by atoms with Gasteiger partial charge in [-0.25, -0.2) is 13.2 Å². The molecule has 0 unspecified atom stereocenters. The lowest BCUT2D eigenvalue weighted by atomic mass is 10.2. The molecule has 0 radical (unpaired) electrons. The summed E-state index contributed by atoms with van der Waals surface area (Å²) in [5.74, 6) is -1.22. The highest BCUT2D eigenvalue weighted by atomic mass is 79.9. The Balaban J connectivity index is 3.30. The first-order valence-corrected chi connectivity index (χ1v) is 4.17. The minimum atomic E-state index is -2.74. The predicted molar refractivity (Wildman–Crippen MR) is 45.6 cm³/mol. The number of hydrogen-bond donors (Lipinski definition) is 0. The summed E-state index contributed by atoms with van der Waals surface area (Å²) in [4.78, 5) is 0. The first-order chi connectivity index (χ1) is 6.07. The molecule has 0 aromatic heterocycles. The largest absolute Gasteiger partial charge is 0.493 e. The van der Waals surface area contributed by atoms with Crippen molar-refractivity contribution in [2.24, 2.45) is 0 Å². The molecular weight excluding hydrogens is 249 g/mol. The second-order valence-electron chi connectivity index (χ2n) is 2.28. The van der Waals surface area contributed by atoms with E-state index in [4.69, 9.17) is 0 Å². The number of methoxy groups -OCH3 is 1. The Morgan fingerprint density at radius 1 is 1.38 bits per heavy atom. The molecule has 0 heterocycles. The van der Waals surface area contributed by atoms with Gasteiger partial charge < -0.3 is 4.74 Å². The van der Waals surface area contributed by atoms with Gasteiger partial charge in [0.05, 0.1) is 17.1 Å². The van der Waals surface area contributed by atoms with Crippen LogP contribution in [0, 0.1) is 5.82 Å². The second-order valence-corrected chi connectivity index (χ2v) is 3.14. The second kappa shape index (κ2) is 4.00. The standard InChI is InChI=1S/C8H6BrF3O/c1-13-7-4(8(11)12)2-3-5(9)6(7)10/h2-3,8H,1H3. The van der Waals surface area contributed by atoms with Crippen LogP contribution in [0.15, 0.2) is 16.6 Å². The molecule has 0 aliphatic rings. The highest BCUT2D eigenvalue weighted by molar-refractivity contribution is 9.10. The van der Waals surface area contributed by atoms with Gasteiger partial charge in [0.15, 0.2) is 11.6 Å². The Morgan fingerprint density at radius 2 is 2.00 bits per heavy atom. The molecule has 72 valence electrons. The van der Waals surface area contributed by atoms with Gasteiger partial charge in [-0.15, -0.1) is 0 Å². The lowest BCUT2D eigenvalue weighted by Crippen LogP contribution is -1.96. The first kappa shape index (κ1) is 10.4. The van der Waals surface area contributed by atoms with Crippen LogP contribution in [0.25, 0.3) is 0 Å². The van der Waals surface area contributed by atoms with E-state index in [1.165, 1.54) is 6.07 Å². The zero-order valence-corrected chi connectivity index (χ0v) is 8.24. The number of hydrogen-bond acceptors (Lipinski definition) is 1. The molecule has 0 atom stereocenters. The third-order valence-electron chi connectivity index (χ3n) is 1.52. The Labute approximate surface area is 81.6 Å². The summed E-state index contributed by atoms with van der Waals surface area (Å²) in [6.07, 6.45) is -2.74. The lowest BCUT2D eigenvalue weighted by Gasteiger charge is -2.09. The van der Waals surface area contributed by atoms with E-state index in [1.807, 2.05) is 0 Å². The van der Waals surface area contributed by atoms with Crippen molar-refractivity contribution in [2.75, 3.05) is 7.11 Å². The molecule has 1 rings (SSSR count). The predicted octanol–water partition coefficient (Wildman–Crippen LogP) is 3.53. The van der Waals surface area contributed by atoms with Crippen molar-refractivity contribution in [1.82, 2.24) is 0 Å². The van der Waals surface area contributed by atoms with E-state index in [2.05, 4.69) is 20.7 Å². The molecular formula is C8H6BrF3O. The van der Waals surface area contributed by atoms with E-state index in [9.17, 15) is 13.2 Å². The van der Waals surface area contributed by atoms with Gasteiger partial charge in [-0.05, 0) is 28.1 Å².